The van der Waals surface area contributed by atoms with Crippen LogP contribution in [-0.4, -0.2) is 259 Å². The molecule has 0 saturated carbocycles. The second-order valence-electron chi connectivity index (χ2n) is 26.4. The maximum atomic E-state index is 14.3. The number of methoxy groups -OCH3 is 1. The van der Waals surface area contributed by atoms with Crippen molar-refractivity contribution in [1.29, 1.82) is 0 Å². The van der Waals surface area contributed by atoms with E-state index in [1.54, 1.807) is 0 Å². The highest BCUT2D eigenvalue weighted by Gasteiger charge is 2.38. The molecule has 2 unspecified atom stereocenters. The number of nitrogens with one attached hydrogen (secondary N) is 11. The highest BCUT2D eigenvalue weighted by Crippen LogP contribution is 2.22. The molecule has 12 amide bonds. The maximum Gasteiger partial charge on any atom is 0.330 e. The Bertz CT molecular complexity index is 3600. The maximum absolute atomic E-state index is 14.3. The summed E-state index contributed by atoms with van der Waals surface area (Å²) in [7, 11) is 2.26. The van der Waals surface area contributed by atoms with E-state index < -0.39 is 175 Å². The number of nitrogens with zero attached hydrogens (tertiary/aromatic N) is 4. The zero-order valence-electron chi connectivity index (χ0n) is 65.3. The van der Waals surface area contributed by atoms with Crippen LogP contribution in [0.3, 0.4) is 0 Å². The minimum atomic E-state index is -1.74. The van der Waals surface area contributed by atoms with Gasteiger partial charge in [-0.3, -0.25) is 82.8 Å². The van der Waals surface area contributed by atoms with Gasteiger partial charge in [-0.15, -0.1) is 0 Å². The van der Waals surface area contributed by atoms with Crippen LogP contribution in [0.25, 0.3) is 0 Å². The number of carbonyl (C=O) groups excluding carboxylic acids is 13. The van der Waals surface area contributed by atoms with Gasteiger partial charge in [0.15, 0.2) is 29.9 Å². The van der Waals surface area contributed by atoms with Gasteiger partial charge in [0.1, 0.15) is 54.4 Å². The molecule has 115 heavy (non-hydrogen) atoms. The summed E-state index contributed by atoms with van der Waals surface area (Å²) in [5, 5.41) is 65.8. The van der Waals surface area contributed by atoms with Crippen LogP contribution in [0, 0.1) is 13.8 Å². The first-order chi connectivity index (χ1) is 54.2. The number of aliphatic imine (C=N–C) groups is 4. The molecule has 45 nitrogen and oxygen atoms in total. The van der Waals surface area contributed by atoms with Crippen LogP contribution in [0.1, 0.15) is 119 Å². The van der Waals surface area contributed by atoms with E-state index in [2.05, 4.69) is 101 Å². The molecule has 0 bridgehead atoms. The molecule has 0 aliphatic heterocycles. The minimum absolute atomic E-state index is 0.0147. The summed E-state index contributed by atoms with van der Waals surface area (Å²) in [5.74, 6) is -12.1. The van der Waals surface area contributed by atoms with Crippen LogP contribution in [-0.2, 0) is 78.3 Å². The number of aliphatic hydroxyl groups is 4. The van der Waals surface area contributed by atoms with Gasteiger partial charge in [0, 0.05) is 50.8 Å². The summed E-state index contributed by atoms with van der Waals surface area (Å²) < 4.78 is 4.61. The fourth-order valence-electron chi connectivity index (χ4n) is 10.8. The van der Waals surface area contributed by atoms with Crippen molar-refractivity contribution in [3.05, 3.63) is 70.8 Å². The molecule has 0 heterocycles. The van der Waals surface area contributed by atoms with Crippen LogP contribution in [0.2, 0.25) is 0 Å². The molecular weight excluding hydrogens is 1530 g/mol. The molecule has 0 saturated heterocycles. The van der Waals surface area contributed by atoms with Gasteiger partial charge < -0.3 is 141 Å². The lowest BCUT2D eigenvalue weighted by Crippen LogP contribution is -2.61. The zero-order chi connectivity index (χ0) is 87.0. The first-order valence-electron chi connectivity index (χ1n) is 36.5. The SMILES string of the molecule is COC(=O)C(CO)NC(=O)[C@H](CCCN=C(N)N)NC(=O)[C@@H](NC(=O)[C@H](CCCN=C(N)N)NC(=O)C(CCC(N)=O)NC(=O)[C@H](Cc1ccccc1)N[C@@H](CS)c1ccc(C)cc1C)[C@@H](C)O.CON[C@@H](CO)C(=O)N[C@@H](CCCN=C(N)N)C(=O)N[C@H](C(=O)N[C@@H](CCCN=C(N)N)C(=O)N[C@@H](CCC(N)=O)C(N)=O)[C@@H](C)O. The van der Waals surface area contributed by atoms with Gasteiger partial charge >= 0.3 is 5.97 Å². The third kappa shape index (κ3) is 41.4. The summed E-state index contributed by atoms with van der Waals surface area (Å²) in [4.78, 5) is 190. The number of hydrogen-bond acceptors (Lipinski definition) is 26. The average molecular weight is 1650 g/mol. The molecule has 46 heteroatoms. The lowest BCUT2D eigenvalue weighted by atomic mass is 9.97. The van der Waals surface area contributed by atoms with Gasteiger partial charge in [0.2, 0.25) is 70.9 Å². The number of hydroxylamine groups is 1. The highest BCUT2D eigenvalue weighted by molar-refractivity contribution is 7.80. The van der Waals surface area contributed by atoms with Gasteiger partial charge in [0.05, 0.1) is 45.7 Å². The van der Waals surface area contributed by atoms with Gasteiger partial charge in [0.25, 0.3) is 0 Å². The topological polar surface area (TPSA) is 789 Å². The molecule has 14 atom stereocenters. The van der Waals surface area contributed by atoms with Crippen molar-refractivity contribution >= 4 is 113 Å². The predicted octanol–water partition coefficient (Wildman–Crippen LogP) is -10.5. The van der Waals surface area contributed by atoms with Crippen molar-refractivity contribution in [3.8, 4) is 0 Å². The molecule has 2 rings (SSSR count). The Kier molecular flexibility index (Phi) is 48.8. The molecular formula is C69H118N26O19S. The number of thiol groups is 1. The Morgan fingerprint density at radius 3 is 1.10 bits per heavy atom. The Morgan fingerprint density at radius 2 is 0.774 bits per heavy atom. The number of carbonyl (C=O) groups is 13. The standard InChI is InChI=1S/C44H69N13O10S.C25H49N13O9/c1-24-14-15-28(25(2)20-24)34(23-68)52-32(21-27-10-6-5-7-11-27)40(64)54-31(16-17-35(45)60)38(62)53-30(13-9-19-51-44(48)49)39(63)57-36(26(3)59)41(65)55-29(12-8-18-50-43(46)47)37(61)56-33(22-58)42(66)67-4;1-12(40)18(37-21(44)15(6-4-10-33-25(30)31)35-22(45)16(11-39)38-47-2)23(46)36-14(5-3-9-32-24(28)29)20(43)34-13(19(27)42)7-8-17(26)41/h5-7,10-11,14-15,20,26,29-34,36,52,58-59,68H,8-9,12-13,16-19,21-23H2,1-4H3,(H2,45,60)(H,53,62)(H,54,64)(H,55,65)(H,56,61)(H,57,63)(H4,46,47,50)(H4,48,49,51);12-16,18,38-40H,3-11H2,1-2H3,(H2,26,41)(H2,27,42)(H,34,43)(H,35,45)(H,36,46)(H,37,44)(H4,28,29,32)(H4,30,31,33)/t26-,29+,30+,31?,32+,33?,34+,36+;12-,13+,14+,15+,16+,18+/m11/s1. The van der Waals surface area contributed by atoms with Crippen molar-refractivity contribution in [2.24, 2.45) is 83.0 Å². The van der Waals surface area contributed by atoms with E-state index in [-0.39, 0.29) is 133 Å². The minimum Gasteiger partial charge on any atom is -0.467 e. The Hall–Kier alpha value is -11.3. The number of aliphatic hydroxyl groups excluding tert-OH is 4. The van der Waals surface area contributed by atoms with E-state index in [4.69, 9.17) is 63.1 Å². The molecule has 0 fully saturated rings. The number of benzene rings is 2. The summed E-state index contributed by atoms with van der Waals surface area (Å²) in [6, 6.07) is -0.636. The lowest BCUT2D eigenvalue weighted by molar-refractivity contribution is -0.146. The van der Waals surface area contributed by atoms with E-state index in [0.29, 0.717) is 5.75 Å². The zero-order valence-corrected chi connectivity index (χ0v) is 66.2. The van der Waals surface area contributed by atoms with Crippen molar-refractivity contribution in [2.75, 3.05) is 59.4 Å². The second kappa shape index (κ2) is 55.2. The number of amides is 12. The Morgan fingerprint density at radius 1 is 0.435 bits per heavy atom. The average Bonchev–Trinajstić information content (AvgIpc) is 0.837. The summed E-state index contributed by atoms with van der Waals surface area (Å²) in [6.45, 7) is 4.99. The van der Waals surface area contributed by atoms with E-state index >= 15 is 0 Å². The smallest absolute Gasteiger partial charge is 0.330 e. The number of hydrogen-bond donors (Lipinski definition) is 27. The molecule has 644 valence electrons. The third-order valence-corrected chi connectivity index (χ3v) is 17.2. The molecule has 0 aliphatic rings. The number of aryl methyl sites for hydroxylation is 2. The number of nitrogens with two attached hydrogens (primary N) is 11. The van der Waals surface area contributed by atoms with E-state index in [1.165, 1.54) is 21.0 Å². The fourth-order valence-corrected chi connectivity index (χ4v) is 11.1. The summed E-state index contributed by atoms with van der Waals surface area (Å²) >= 11 is 4.59. The molecule has 0 aromatic heterocycles. The first kappa shape index (κ1) is 102. The second-order valence-corrected chi connectivity index (χ2v) is 26.7. The number of primary amides is 3. The van der Waals surface area contributed by atoms with Crippen molar-refractivity contribution in [2.45, 2.75) is 196 Å². The number of esters is 1. The van der Waals surface area contributed by atoms with Gasteiger partial charge in [-0.05, 0) is 115 Å². The number of ether oxygens (including phenoxy) is 1. The predicted molar refractivity (Wildman–Crippen MR) is 426 cm³/mol. The van der Waals surface area contributed by atoms with Crippen molar-refractivity contribution in [1.82, 2.24) is 58.6 Å². The fraction of sp³-hybridized carbons (Fsp3) is 0.580. The molecule has 2 aromatic carbocycles. The van der Waals surface area contributed by atoms with Crippen LogP contribution >= 0.6 is 12.6 Å². The normalized spacial score (nSPS) is 14.5. The molecule has 2 aromatic rings. The van der Waals surface area contributed by atoms with E-state index in [1.807, 2.05) is 62.4 Å². The monoisotopic (exact) mass is 1650 g/mol. The molecule has 37 N–H and O–H groups in total. The van der Waals surface area contributed by atoms with E-state index in [9.17, 15) is 82.8 Å². The van der Waals surface area contributed by atoms with Crippen molar-refractivity contribution in [3.63, 3.8) is 0 Å². The highest BCUT2D eigenvalue weighted by atomic mass is 32.1. The molecule has 0 radical (unpaired) electrons. The first-order valence-corrected chi connectivity index (χ1v) is 37.1. The van der Waals surface area contributed by atoms with Crippen LogP contribution in [0.15, 0.2) is 68.5 Å². The summed E-state index contributed by atoms with van der Waals surface area (Å²) in [6.07, 6.45) is -3.75. The van der Waals surface area contributed by atoms with E-state index in [0.717, 1.165) is 29.4 Å². The molecule has 0 spiro atoms. The molecule has 0 aliphatic carbocycles. The van der Waals surface area contributed by atoms with Gasteiger partial charge in [-0.2, -0.15) is 18.1 Å². The quantitative estimate of drug-likeness (QED) is 0.00730. The lowest BCUT2D eigenvalue weighted by Gasteiger charge is -2.29. The Labute approximate surface area is 670 Å². The third-order valence-electron chi connectivity index (χ3n) is 16.8. The number of rotatable bonds is 54. The van der Waals surface area contributed by atoms with Crippen LogP contribution in [0.5, 0.6) is 0 Å². The van der Waals surface area contributed by atoms with Gasteiger partial charge in [-0.1, -0.05) is 54.1 Å². The Balaban J connectivity index is 0.00000123. The summed E-state index contributed by atoms with van der Waals surface area (Å²) in [5.41, 5.74) is 65.0. The van der Waals surface area contributed by atoms with Crippen LogP contribution < -0.4 is 122 Å². The van der Waals surface area contributed by atoms with Crippen molar-refractivity contribution < 1.29 is 92.3 Å². The number of guanidine groups is 4. The van der Waals surface area contributed by atoms with Crippen LogP contribution in [0.4, 0.5) is 0 Å². The largest absolute Gasteiger partial charge is 0.467 e. The van der Waals surface area contributed by atoms with Gasteiger partial charge in [-0.25, -0.2) is 4.79 Å².